The Morgan fingerprint density at radius 2 is 1.89 bits per heavy atom. The summed E-state index contributed by atoms with van der Waals surface area (Å²) in [7, 11) is 0. The van der Waals surface area contributed by atoms with Crippen LogP contribution in [0.3, 0.4) is 0 Å². The first-order valence-corrected chi connectivity index (χ1v) is 7.74. The third-order valence-electron chi connectivity index (χ3n) is 3.34. The van der Waals surface area contributed by atoms with Gasteiger partial charge in [-0.3, -0.25) is 0 Å². The molecule has 2 nitrogen and oxygen atoms in total. The van der Waals surface area contributed by atoms with E-state index in [1.807, 2.05) is 11.6 Å². The minimum Gasteiger partial charge on any atom is -0.309 e. The zero-order valence-corrected chi connectivity index (χ0v) is 12.7. The Kier molecular flexibility index (Phi) is 5.11. The molecule has 0 bridgehead atoms. The summed E-state index contributed by atoms with van der Waals surface area (Å²) in [5, 5.41) is 6.95. The van der Waals surface area contributed by atoms with Crippen molar-refractivity contribution < 1.29 is 0 Å². The van der Waals surface area contributed by atoms with Gasteiger partial charge in [0, 0.05) is 30.1 Å². The lowest BCUT2D eigenvalue weighted by molar-refractivity contribution is 0.402. The van der Waals surface area contributed by atoms with Gasteiger partial charge in [-0.15, -0.1) is 11.3 Å². The third kappa shape index (κ3) is 3.88. The summed E-state index contributed by atoms with van der Waals surface area (Å²) in [6.07, 6.45) is 1.88. The van der Waals surface area contributed by atoms with Gasteiger partial charge < -0.3 is 5.32 Å². The average Bonchev–Trinajstić information content (AvgIpc) is 2.93. The van der Waals surface area contributed by atoms with Crippen molar-refractivity contribution in [3.63, 3.8) is 0 Å². The molecule has 2 aromatic rings. The zero-order chi connectivity index (χ0) is 13.7. The van der Waals surface area contributed by atoms with E-state index in [0.29, 0.717) is 17.9 Å². The fourth-order valence-corrected chi connectivity index (χ4v) is 2.97. The van der Waals surface area contributed by atoms with Crippen molar-refractivity contribution in [2.75, 3.05) is 6.54 Å². The second-order valence-electron chi connectivity index (χ2n) is 5.31. The van der Waals surface area contributed by atoms with E-state index in [9.17, 15) is 0 Å². The predicted octanol–water partition coefficient (Wildman–Crippen LogP) is 4.23. The monoisotopic (exact) mass is 274 g/mol. The number of rotatable bonds is 6. The van der Waals surface area contributed by atoms with E-state index in [4.69, 9.17) is 0 Å². The van der Waals surface area contributed by atoms with E-state index < -0.39 is 0 Å². The van der Waals surface area contributed by atoms with Gasteiger partial charge in [-0.25, -0.2) is 4.98 Å². The van der Waals surface area contributed by atoms with Crippen LogP contribution in [0.5, 0.6) is 0 Å². The zero-order valence-electron chi connectivity index (χ0n) is 11.8. The maximum atomic E-state index is 4.39. The van der Waals surface area contributed by atoms with Crippen molar-refractivity contribution in [3.05, 3.63) is 52.5 Å². The van der Waals surface area contributed by atoms with Crippen LogP contribution in [0.25, 0.3) is 0 Å². The highest BCUT2D eigenvalue weighted by atomic mass is 32.1. The largest absolute Gasteiger partial charge is 0.309 e. The minimum absolute atomic E-state index is 0.406. The topological polar surface area (TPSA) is 24.9 Å². The Balaban J connectivity index is 1.98. The lowest BCUT2D eigenvalue weighted by Crippen LogP contribution is -2.29. The van der Waals surface area contributed by atoms with Gasteiger partial charge >= 0.3 is 0 Å². The van der Waals surface area contributed by atoms with Gasteiger partial charge in [0.2, 0.25) is 0 Å². The van der Waals surface area contributed by atoms with Crippen molar-refractivity contribution in [1.82, 2.24) is 10.3 Å². The molecule has 102 valence electrons. The molecule has 0 saturated heterocycles. The fraction of sp³-hybridized carbons (Fsp3) is 0.438. The van der Waals surface area contributed by atoms with Gasteiger partial charge in [0.05, 0.1) is 5.01 Å². The van der Waals surface area contributed by atoms with Crippen LogP contribution in [0, 0.1) is 5.92 Å². The summed E-state index contributed by atoms with van der Waals surface area (Å²) in [6.45, 7) is 7.72. The van der Waals surface area contributed by atoms with Crippen LogP contribution in [-0.2, 0) is 0 Å². The third-order valence-corrected chi connectivity index (χ3v) is 4.35. The number of benzene rings is 1. The molecule has 0 amide bonds. The molecule has 0 aliphatic rings. The highest BCUT2D eigenvalue weighted by Crippen LogP contribution is 2.23. The molecule has 0 fully saturated rings. The molecule has 0 aliphatic carbocycles. The predicted molar refractivity (Wildman–Crippen MR) is 82.6 cm³/mol. The van der Waals surface area contributed by atoms with Crippen molar-refractivity contribution >= 4 is 11.3 Å². The summed E-state index contributed by atoms with van der Waals surface area (Å²) in [6, 6.07) is 11.1. The van der Waals surface area contributed by atoms with Crippen molar-refractivity contribution in [1.29, 1.82) is 0 Å². The number of nitrogens with one attached hydrogen (secondary N) is 1. The molecule has 1 aromatic heterocycles. The minimum atomic E-state index is 0.406. The molecular weight excluding hydrogens is 252 g/mol. The molecule has 0 aliphatic heterocycles. The van der Waals surface area contributed by atoms with Gasteiger partial charge in [0.1, 0.15) is 0 Å². The van der Waals surface area contributed by atoms with Crippen LogP contribution in [0.2, 0.25) is 0 Å². The van der Waals surface area contributed by atoms with Crippen LogP contribution in [0.15, 0.2) is 41.9 Å². The molecule has 3 heteroatoms. The summed E-state index contributed by atoms with van der Waals surface area (Å²) in [5.41, 5.74) is 1.36. The molecule has 2 atom stereocenters. The van der Waals surface area contributed by atoms with E-state index in [-0.39, 0.29) is 0 Å². The standard InChI is InChI=1S/C16H22N2S/c1-12(2)15(14-7-5-4-6-8-14)18-11-13(3)16-17-9-10-19-16/h4-10,12-13,15,18H,11H2,1-3H3. The summed E-state index contributed by atoms with van der Waals surface area (Å²) < 4.78 is 0. The van der Waals surface area contributed by atoms with Gasteiger partial charge in [-0.2, -0.15) is 0 Å². The van der Waals surface area contributed by atoms with Crippen LogP contribution in [0.4, 0.5) is 0 Å². The van der Waals surface area contributed by atoms with E-state index in [1.165, 1.54) is 10.6 Å². The first kappa shape index (κ1) is 14.2. The number of aromatic nitrogens is 1. The molecule has 0 saturated carbocycles. The van der Waals surface area contributed by atoms with Gasteiger partial charge in [0.15, 0.2) is 0 Å². The number of hydrogen-bond donors (Lipinski definition) is 1. The molecule has 19 heavy (non-hydrogen) atoms. The second-order valence-corrected chi connectivity index (χ2v) is 6.24. The Morgan fingerprint density at radius 3 is 2.47 bits per heavy atom. The first-order chi connectivity index (χ1) is 9.18. The highest BCUT2D eigenvalue weighted by Gasteiger charge is 2.17. The maximum Gasteiger partial charge on any atom is 0.0965 e. The van der Waals surface area contributed by atoms with Crippen LogP contribution in [-0.4, -0.2) is 11.5 Å². The lowest BCUT2D eigenvalue weighted by atomic mass is 9.95. The smallest absolute Gasteiger partial charge is 0.0965 e. The number of thiazole rings is 1. The maximum absolute atomic E-state index is 4.39. The summed E-state index contributed by atoms with van der Waals surface area (Å²) in [5.74, 6) is 1.04. The Bertz CT molecular complexity index is 465. The Labute approximate surface area is 119 Å². The lowest BCUT2D eigenvalue weighted by Gasteiger charge is -2.24. The molecule has 0 spiro atoms. The van der Waals surface area contributed by atoms with Gasteiger partial charge in [-0.1, -0.05) is 51.1 Å². The van der Waals surface area contributed by atoms with Crippen LogP contribution in [0.1, 0.15) is 43.3 Å². The van der Waals surface area contributed by atoms with Crippen LogP contribution < -0.4 is 5.32 Å². The molecule has 0 radical (unpaired) electrons. The molecule has 1 aromatic carbocycles. The van der Waals surface area contributed by atoms with Crippen LogP contribution >= 0.6 is 11.3 Å². The van der Waals surface area contributed by atoms with Gasteiger partial charge in [-0.05, 0) is 11.5 Å². The SMILES string of the molecule is CC(CNC(c1ccccc1)C(C)C)c1nccs1. The van der Waals surface area contributed by atoms with Crippen molar-refractivity contribution in [2.45, 2.75) is 32.7 Å². The van der Waals surface area contributed by atoms with E-state index in [1.54, 1.807) is 11.3 Å². The van der Waals surface area contributed by atoms with Crippen molar-refractivity contribution in [2.24, 2.45) is 5.92 Å². The average molecular weight is 274 g/mol. The quantitative estimate of drug-likeness (QED) is 0.852. The fourth-order valence-electron chi connectivity index (χ4n) is 2.27. The van der Waals surface area contributed by atoms with E-state index >= 15 is 0 Å². The van der Waals surface area contributed by atoms with Crippen molar-refractivity contribution in [3.8, 4) is 0 Å². The molecule has 1 heterocycles. The Morgan fingerprint density at radius 1 is 1.16 bits per heavy atom. The van der Waals surface area contributed by atoms with Gasteiger partial charge in [0.25, 0.3) is 0 Å². The summed E-state index contributed by atoms with van der Waals surface area (Å²) in [4.78, 5) is 4.39. The van der Waals surface area contributed by atoms with E-state index in [2.05, 4.69) is 61.4 Å². The highest BCUT2D eigenvalue weighted by molar-refractivity contribution is 7.09. The van der Waals surface area contributed by atoms with E-state index in [0.717, 1.165) is 6.54 Å². The molecule has 1 N–H and O–H groups in total. The normalized spacial score (nSPS) is 14.5. The second kappa shape index (κ2) is 6.83. The number of hydrogen-bond acceptors (Lipinski definition) is 3. The molecular formula is C16H22N2S. The number of nitrogens with zero attached hydrogens (tertiary/aromatic N) is 1. The molecule has 2 unspecified atom stereocenters. The Hall–Kier alpha value is -1.19. The molecule has 2 rings (SSSR count). The first-order valence-electron chi connectivity index (χ1n) is 6.86. The summed E-state index contributed by atoms with van der Waals surface area (Å²) >= 11 is 1.74.